The molecule has 1 heterocycles. The van der Waals surface area contributed by atoms with Gasteiger partial charge in [0.1, 0.15) is 5.75 Å². The fourth-order valence-corrected chi connectivity index (χ4v) is 3.26. The van der Waals surface area contributed by atoms with Crippen molar-refractivity contribution in [3.05, 3.63) is 83.9 Å². The molecule has 4 aromatic rings. The van der Waals surface area contributed by atoms with Crippen molar-refractivity contribution in [2.45, 2.75) is 6.18 Å². The van der Waals surface area contributed by atoms with Crippen LogP contribution in [-0.2, 0) is 6.18 Å². The maximum atomic E-state index is 13.2. The number of hydrogen-bond acceptors (Lipinski definition) is 5. The topological polar surface area (TPSA) is 78.3 Å². The van der Waals surface area contributed by atoms with Crippen LogP contribution in [0.5, 0.6) is 11.8 Å². The number of halogens is 3. The molecule has 174 valence electrons. The lowest BCUT2D eigenvalue weighted by Gasteiger charge is -2.11. The molecule has 34 heavy (non-hydrogen) atoms. The summed E-state index contributed by atoms with van der Waals surface area (Å²) in [5.41, 5.74) is 0.715. The predicted octanol–water partition coefficient (Wildman–Crippen LogP) is 5.22. The molecule has 4 rings (SSSR count). The second-order valence-electron chi connectivity index (χ2n) is 7.15. The van der Waals surface area contributed by atoms with Crippen LogP contribution >= 0.6 is 0 Å². The third kappa shape index (κ3) is 4.85. The van der Waals surface area contributed by atoms with Crippen molar-refractivity contribution < 1.29 is 27.4 Å². The number of alkyl halides is 3. The summed E-state index contributed by atoms with van der Waals surface area (Å²) >= 11 is 0. The number of nitrogens with zero attached hydrogens (tertiary/aromatic N) is 3. The Bertz CT molecular complexity index is 1340. The van der Waals surface area contributed by atoms with E-state index in [2.05, 4.69) is 15.4 Å². The lowest BCUT2D eigenvalue weighted by molar-refractivity contribution is -0.137. The first-order valence-corrected chi connectivity index (χ1v) is 10.0. The first kappa shape index (κ1) is 22.8. The summed E-state index contributed by atoms with van der Waals surface area (Å²) in [6.07, 6.45) is -4.50. The number of amides is 1. The molecular formula is C24H19F3N4O3. The summed E-state index contributed by atoms with van der Waals surface area (Å²) in [5.74, 6) is 0.339. The van der Waals surface area contributed by atoms with Crippen molar-refractivity contribution in [3.63, 3.8) is 0 Å². The first-order valence-electron chi connectivity index (χ1n) is 10.0. The van der Waals surface area contributed by atoms with Gasteiger partial charge < -0.3 is 14.8 Å². The van der Waals surface area contributed by atoms with Crippen molar-refractivity contribution in [2.75, 3.05) is 19.5 Å². The van der Waals surface area contributed by atoms with Crippen molar-refractivity contribution in [2.24, 2.45) is 0 Å². The van der Waals surface area contributed by atoms with E-state index in [1.807, 2.05) is 0 Å². The molecule has 1 N–H and O–H groups in total. The minimum Gasteiger partial charge on any atom is -0.497 e. The van der Waals surface area contributed by atoms with Gasteiger partial charge in [0.2, 0.25) is 0 Å². The summed E-state index contributed by atoms with van der Waals surface area (Å²) in [5, 5.41) is 7.03. The lowest BCUT2D eigenvalue weighted by Crippen LogP contribution is -2.12. The molecule has 0 radical (unpaired) electrons. The highest BCUT2D eigenvalue weighted by Crippen LogP contribution is 2.33. The van der Waals surface area contributed by atoms with E-state index in [0.29, 0.717) is 22.7 Å². The van der Waals surface area contributed by atoms with Gasteiger partial charge >= 0.3 is 12.2 Å². The van der Waals surface area contributed by atoms with Gasteiger partial charge in [-0.2, -0.15) is 18.2 Å². The molecule has 0 unspecified atom stereocenters. The van der Waals surface area contributed by atoms with Crippen LogP contribution in [0, 0.1) is 0 Å². The van der Waals surface area contributed by atoms with Crippen molar-refractivity contribution >= 4 is 11.6 Å². The molecule has 3 aromatic carbocycles. The number of benzene rings is 3. The van der Waals surface area contributed by atoms with Crippen LogP contribution in [0.25, 0.3) is 17.1 Å². The number of hydrogen-bond donors (Lipinski definition) is 1. The van der Waals surface area contributed by atoms with Gasteiger partial charge in [-0.1, -0.05) is 24.3 Å². The highest BCUT2D eigenvalue weighted by Gasteiger charge is 2.31. The fraction of sp³-hybridized carbons (Fsp3) is 0.125. The van der Waals surface area contributed by atoms with Crippen LogP contribution in [0.1, 0.15) is 15.9 Å². The Balaban J connectivity index is 1.69. The van der Waals surface area contributed by atoms with Crippen LogP contribution in [0.4, 0.5) is 18.9 Å². The standard InChI is InChI=1S/C24H19F3N4O3/c1-33-20-11-4-7-16(13-20)22(32)28-18-9-5-10-19(14-18)31-21(29-23(30-31)34-2)15-6-3-8-17(12-15)24(25,26)27/h3-14H,1-2H3,(H,28,32). The van der Waals surface area contributed by atoms with Gasteiger partial charge in [0.15, 0.2) is 5.82 Å². The first-order chi connectivity index (χ1) is 16.3. The maximum absolute atomic E-state index is 13.2. The average molecular weight is 468 g/mol. The zero-order valence-corrected chi connectivity index (χ0v) is 18.1. The van der Waals surface area contributed by atoms with Crippen LogP contribution in [-0.4, -0.2) is 34.9 Å². The fourth-order valence-electron chi connectivity index (χ4n) is 3.26. The Kier molecular flexibility index (Phi) is 6.22. The zero-order valence-electron chi connectivity index (χ0n) is 18.1. The molecule has 1 aromatic heterocycles. The van der Waals surface area contributed by atoms with E-state index in [-0.39, 0.29) is 23.3 Å². The molecular weight excluding hydrogens is 449 g/mol. The maximum Gasteiger partial charge on any atom is 0.416 e. The average Bonchev–Trinajstić information content (AvgIpc) is 3.28. The summed E-state index contributed by atoms with van der Waals surface area (Å²) in [6.45, 7) is 0. The van der Waals surface area contributed by atoms with Gasteiger partial charge in [-0.25, -0.2) is 4.68 Å². The summed E-state index contributed by atoms with van der Waals surface area (Å²) in [4.78, 5) is 16.9. The Morgan fingerprint density at radius 1 is 0.941 bits per heavy atom. The molecule has 7 nitrogen and oxygen atoms in total. The number of methoxy groups -OCH3 is 2. The molecule has 0 fully saturated rings. The second-order valence-corrected chi connectivity index (χ2v) is 7.15. The van der Waals surface area contributed by atoms with Crippen molar-refractivity contribution in [3.8, 4) is 28.8 Å². The summed E-state index contributed by atoms with van der Waals surface area (Å²) < 4.78 is 51.3. The number of carbonyl (C=O) groups is 1. The Hall–Kier alpha value is -4.34. The second kappa shape index (κ2) is 9.26. The largest absolute Gasteiger partial charge is 0.497 e. The number of ether oxygens (including phenoxy) is 2. The van der Waals surface area contributed by atoms with Crippen LogP contribution in [0.2, 0.25) is 0 Å². The summed E-state index contributed by atoms with van der Waals surface area (Å²) in [7, 11) is 2.87. The lowest BCUT2D eigenvalue weighted by atomic mass is 10.1. The van der Waals surface area contributed by atoms with E-state index in [1.165, 1.54) is 31.0 Å². The third-order valence-electron chi connectivity index (χ3n) is 4.90. The van der Waals surface area contributed by atoms with Gasteiger partial charge in [0.05, 0.1) is 25.5 Å². The SMILES string of the molecule is COc1cccc(C(=O)Nc2cccc(-n3nc(OC)nc3-c3cccc(C(F)(F)F)c3)c2)c1. The van der Waals surface area contributed by atoms with Gasteiger partial charge in [-0.15, -0.1) is 5.10 Å². The van der Waals surface area contributed by atoms with Crippen LogP contribution in [0.15, 0.2) is 72.8 Å². The normalized spacial score (nSPS) is 11.2. The quantitative estimate of drug-likeness (QED) is 0.420. The number of aromatic nitrogens is 3. The van der Waals surface area contributed by atoms with Gasteiger partial charge in [-0.05, 0) is 48.5 Å². The molecule has 0 spiro atoms. The van der Waals surface area contributed by atoms with E-state index >= 15 is 0 Å². The van der Waals surface area contributed by atoms with Crippen LogP contribution < -0.4 is 14.8 Å². The monoisotopic (exact) mass is 468 g/mol. The number of carbonyl (C=O) groups excluding carboxylic acids is 1. The van der Waals surface area contributed by atoms with Gasteiger partial charge in [0.25, 0.3) is 5.91 Å². The Morgan fingerprint density at radius 3 is 2.44 bits per heavy atom. The molecule has 0 saturated carbocycles. The van der Waals surface area contributed by atoms with E-state index in [4.69, 9.17) is 9.47 Å². The molecule has 1 amide bonds. The van der Waals surface area contributed by atoms with E-state index in [0.717, 1.165) is 12.1 Å². The van der Waals surface area contributed by atoms with Crippen molar-refractivity contribution in [1.82, 2.24) is 14.8 Å². The highest BCUT2D eigenvalue weighted by atomic mass is 19.4. The van der Waals surface area contributed by atoms with E-state index in [1.54, 1.807) is 48.5 Å². The zero-order chi connectivity index (χ0) is 24.3. The molecule has 0 aliphatic carbocycles. The Labute approximate surface area is 192 Å². The van der Waals surface area contributed by atoms with Gasteiger partial charge in [0, 0.05) is 16.8 Å². The minimum absolute atomic E-state index is 0.0155. The molecule has 10 heteroatoms. The molecule has 0 saturated heterocycles. The number of nitrogens with one attached hydrogen (secondary N) is 1. The number of anilines is 1. The van der Waals surface area contributed by atoms with Gasteiger partial charge in [-0.3, -0.25) is 4.79 Å². The molecule has 0 bridgehead atoms. The Morgan fingerprint density at radius 2 is 1.71 bits per heavy atom. The molecule has 0 aliphatic heterocycles. The van der Waals surface area contributed by atoms with Crippen LogP contribution in [0.3, 0.4) is 0 Å². The number of rotatable bonds is 6. The molecule has 0 aliphatic rings. The van der Waals surface area contributed by atoms with E-state index in [9.17, 15) is 18.0 Å². The van der Waals surface area contributed by atoms with E-state index < -0.39 is 11.7 Å². The predicted molar refractivity (Wildman–Crippen MR) is 119 cm³/mol. The third-order valence-corrected chi connectivity index (χ3v) is 4.90. The van der Waals surface area contributed by atoms with Crippen molar-refractivity contribution in [1.29, 1.82) is 0 Å². The summed E-state index contributed by atoms with van der Waals surface area (Å²) in [6, 6.07) is 18.1. The molecule has 0 atom stereocenters. The highest BCUT2D eigenvalue weighted by molar-refractivity contribution is 6.04. The smallest absolute Gasteiger partial charge is 0.416 e. The minimum atomic E-state index is -4.50.